The number of carbonyl (C=O) groups is 1. The van der Waals surface area contributed by atoms with Crippen LogP contribution in [-0.2, 0) is 11.2 Å². The van der Waals surface area contributed by atoms with E-state index in [1.807, 2.05) is 4.90 Å². The highest BCUT2D eigenvalue weighted by atomic mass is 16.2. The fourth-order valence-electron chi connectivity index (χ4n) is 3.28. The van der Waals surface area contributed by atoms with E-state index < -0.39 is 0 Å². The number of hydrogen-bond acceptors (Lipinski definition) is 2. The third kappa shape index (κ3) is 7.87. The molecule has 0 aliphatic carbocycles. The first-order valence-electron chi connectivity index (χ1n) is 10.0. The average molecular weight is 343 g/mol. The third-order valence-electron chi connectivity index (χ3n) is 4.98. The first-order valence-corrected chi connectivity index (χ1v) is 10.0. The van der Waals surface area contributed by atoms with Gasteiger partial charge in [0.1, 0.15) is 0 Å². The number of allylic oxidation sites excluding steroid dienone is 1. The Bertz CT molecular complexity index is 504. The lowest BCUT2D eigenvalue weighted by Gasteiger charge is -2.34. The van der Waals surface area contributed by atoms with E-state index in [0.29, 0.717) is 0 Å². The van der Waals surface area contributed by atoms with Crippen molar-refractivity contribution in [3.8, 4) is 0 Å². The van der Waals surface area contributed by atoms with Crippen molar-refractivity contribution in [2.45, 2.75) is 51.9 Å². The maximum atomic E-state index is 12.2. The minimum Gasteiger partial charge on any atom is -0.337 e. The van der Waals surface area contributed by atoms with Gasteiger partial charge >= 0.3 is 0 Å². The molecule has 2 rings (SSSR count). The molecule has 138 valence electrons. The van der Waals surface area contributed by atoms with Crippen molar-refractivity contribution >= 4 is 5.91 Å². The Morgan fingerprint density at radius 2 is 1.72 bits per heavy atom. The zero-order valence-electron chi connectivity index (χ0n) is 15.8. The number of piperazine rings is 1. The predicted molar refractivity (Wildman–Crippen MR) is 106 cm³/mol. The van der Waals surface area contributed by atoms with Crippen molar-refractivity contribution in [3.05, 3.63) is 48.0 Å². The van der Waals surface area contributed by atoms with E-state index in [1.54, 1.807) is 6.08 Å². The van der Waals surface area contributed by atoms with Gasteiger partial charge in [0.2, 0.25) is 5.91 Å². The van der Waals surface area contributed by atoms with Crippen LogP contribution in [-0.4, -0.2) is 48.4 Å². The summed E-state index contributed by atoms with van der Waals surface area (Å²) in [6, 6.07) is 10.6. The molecular weight excluding hydrogens is 308 g/mol. The molecule has 3 heteroatoms. The van der Waals surface area contributed by atoms with Crippen LogP contribution in [0.1, 0.15) is 51.0 Å². The summed E-state index contributed by atoms with van der Waals surface area (Å²) < 4.78 is 0. The van der Waals surface area contributed by atoms with Crippen molar-refractivity contribution < 1.29 is 4.79 Å². The van der Waals surface area contributed by atoms with Crippen molar-refractivity contribution in [1.82, 2.24) is 9.80 Å². The second-order valence-corrected chi connectivity index (χ2v) is 7.01. The lowest BCUT2D eigenvalue weighted by atomic mass is 10.1. The summed E-state index contributed by atoms with van der Waals surface area (Å²) in [5.41, 5.74) is 1.39. The van der Waals surface area contributed by atoms with Crippen LogP contribution in [0.15, 0.2) is 42.5 Å². The quantitative estimate of drug-likeness (QED) is 0.468. The molecule has 0 unspecified atom stereocenters. The predicted octanol–water partition coefficient (Wildman–Crippen LogP) is 4.29. The van der Waals surface area contributed by atoms with Crippen molar-refractivity contribution in [2.75, 3.05) is 32.7 Å². The van der Waals surface area contributed by atoms with Gasteiger partial charge in [0.15, 0.2) is 0 Å². The number of carbonyl (C=O) groups excluding carboxylic acids is 1. The molecule has 0 saturated carbocycles. The molecule has 1 aromatic rings. The SMILES string of the molecule is CCCCCCC/C=C/C(=O)N1CCN(CCc2ccccc2)CC1. The van der Waals surface area contributed by atoms with E-state index in [9.17, 15) is 4.79 Å². The molecule has 0 spiro atoms. The molecule has 25 heavy (non-hydrogen) atoms. The number of rotatable bonds is 10. The topological polar surface area (TPSA) is 23.6 Å². The molecule has 1 aliphatic heterocycles. The van der Waals surface area contributed by atoms with Crippen LogP contribution in [0.2, 0.25) is 0 Å². The molecule has 1 amide bonds. The first kappa shape index (κ1) is 19.7. The van der Waals surface area contributed by atoms with E-state index in [0.717, 1.165) is 45.6 Å². The largest absolute Gasteiger partial charge is 0.337 e. The summed E-state index contributed by atoms with van der Waals surface area (Å²) in [6.45, 7) is 7.01. The highest BCUT2D eigenvalue weighted by Crippen LogP contribution is 2.08. The van der Waals surface area contributed by atoms with Crippen molar-refractivity contribution in [3.63, 3.8) is 0 Å². The monoisotopic (exact) mass is 342 g/mol. The molecule has 0 radical (unpaired) electrons. The summed E-state index contributed by atoms with van der Waals surface area (Å²) in [6.07, 6.45) is 12.4. The normalized spacial score (nSPS) is 15.8. The molecule has 0 atom stereocenters. The number of nitrogens with zero attached hydrogens (tertiary/aromatic N) is 2. The second-order valence-electron chi connectivity index (χ2n) is 7.01. The fraction of sp³-hybridized carbons (Fsp3) is 0.591. The zero-order chi connectivity index (χ0) is 17.7. The highest BCUT2D eigenvalue weighted by molar-refractivity contribution is 5.87. The van der Waals surface area contributed by atoms with E-state index in [2.05, 4.69) is 48.2 Å². The number of amides is 1. The summed E-state index contributed by atoms with van der Waals surface area (Å²) in [5, 5.41) is 0. The van der Waals surface area contributed by atoms with Crippen molar-refractivity contribution in [2.24, 2.45) is 0 Å². The molecule has 1 fully saturated rings. The van der Waals surface area contributed by atoms with E-state index in [1.165, 1.54) is 37.7 Å². The number of hydrogen-bond donors (Lipinski definition) is 0. The van der Waals surface area contributed by atoms with Gasteiger partial charge in [-0.25, -0.2) is 0 Å². The van der Waals surface area contributed by atoms with Crippen LogP contribution in [0.25, 0.3) is 0 Å². The standard InChI is InChI=1S/C22H34N2O/c1-2-3-4-5-6-7-11-14-22(25)24-19-17-23(18-20-24)16-15-21-12-9-8-10-13-21/h8-14H,2-7,15-20H2,1H3/b14-11+. The summed E-state index contributed by atoms with van der Waals surface area (Å²) in [7, 11) is 0. The average Bonchev–Trinajstić information content (AvgIpc) is 2.67. The highest BCUT2D eigenvalue weighted by Gasteiger charge is 2.19. The molecule has 0 aromatic heterocycles. The van der Waals surface area contributed by atoms with Crippen LogP contribution in [0.4, 0.5) is 0 Å². The van der Waals surface area contributed by atoms with Gasteiger partial charge in [-0.3, -0.25) is 9.69 Å². The number of benzene rings is 1. The summed E-state index contributed by atoms with van der Waals surface area (Å²) in [4.78, 5) is 16.7. The van der Waals surface area contributed by atoms with E-state index in [-0.39, 0.29) is 5.91 Å². The Hall–Kier alpha value is -1.61. The van der Waals surface area contributed by atoms with Crippen LogP contribution >= 0.6 is 0 Å². The van der Waals surface area contributed by atoms with E-state index >= 15 is 0 Å². The van der Waals surface area contributed by atoms with E-state index in [4.69, 9.17) is 0 Å². The number of unbranched alkanes of at least 4 members (excludes halogenated alkanes) is 5. The Morgan fingerprint density at radius 3 is 2.44 bits per heavy atom. The molecule has 1 aliphatic rings. The molecule has 3 nitrogen and oxygen atoms in total. The third-order valence-corrected chi connectivity index (χ3v) is 4.98. The van der Waals surface area contributed by atoms with Gasteiger partial charge in [-0.2, -0.15) is 0 Å². The maximum absolute atomic E-state index is 12.2. The Morgan fingerprint density at radius 1 is 1.00 bits per heavy atom. The zero-order valence-corrected chi connectivity index (χ0v) is 15.8. The second kappa shape index (κ2) is 11.9. The lowest BCUT2D eigenvalue weighted by Crippen LogP contribution is -2.48. The van der Waals surface area contributed by atoms with Crippen LogP contribution in [0, 0.1) is 0 Å². The Kier molecular flexibility index (Phi) is 9.35. The van der Waals surface area contributed by atoms with Crippen LogP contribution < -0.4 is 0 Å². The first-order chi connectivity index (χ1) is 12.3. The lowest BCUT2D eigenvalue weighted by molar-refractivity contribution is -0.127. The minimum atomic E-state index is 0.191. The van der Waals surface area contributed by atoms with Gasteiger partial charge in [0, 0.05) is 32.7 Å². The molecule has 0 bridgehead atoms. The molecular formula is C22H34N2O. The fourth-order valence-corrected chi connectivity index (χ4v) is 3.28. The Balaban J connectivity index is 1.58. The van der Waals surface area contributed by atoms with Gasteiger partial charge in [0.05, 0.1) is 0 Å². The molecule has 1 aromatic carbocycles. The van der Waals surface area contributed by atoms with Gasteiger partial charge in [-0.15, -0.1) is 0 Å². The van der Waals surface area contributed by atoms with Crippen LogP contribution in [0.3, 0.4) is 0 Å². The van der Waals surface area contributed by atoms with Gasteiger partial charge in [0.25, 0.3) is 0 Å². The molecule has 0 N–H and O–H groups in total. The summed E-state index contributed by atoms with van der Waals surface area (Å²) in [5.74, 6) is 0.191. The van der Waals surface area contributed by atoms with Gasteiger partial charge in [-0.1, -0.05) is 69.0 Å². The molecule has 1 heterocycles. The van der Waals surface area contributed by atoms with Gasteiger partial charge in [-0.05, 0) is 30.9 Å². The summed E-state index contributed by atoms with van der Waals surface area (Å²) >= 11 is 0. The minimum absolute atomic E-state index is 0.191. The Labute approximate surface area is 153 Å². The van der Waals surface area contributed by atoms with Crippen molar-refractivity contribution in [1.29, 1.82) is 0 Å². The van der Waals surface area contributed by atoms with Gasteiger partial charge < -0.3 is 4.90 Å². The smallest absolute Gasteiger partial charge is 0.246 e. The maximum Gasteiger partial charge on any atom is 0.246 e. The van der Waals surface area contributed by atoms with Crippen LogP contribution in [0.5, 0.6) is 0 Å². The molecule has 1 saturated heterocycles.